The van der Waals surface area contributed by atoms with Crippen LogP contribution in [0.3, 0.4) is 0 Å². The molecule has 1 aromatic carbocycles. The minimum Gasteiger partial charge on any atom is -0.424 e. The lowest BCUT2D eigenvalue weighted by molar-refractivity contribution is 0.373. The van der Waals surface area contributed by atoms with E-state index in [2.05, 4.69) is 9.97 Å². The van der Waals surface area contributed by atoms with Gasteiger partial charge in [0.2, 0.25) is 11.8 Å². The molecule has 0 saturated carbocycles. The lowest BCUT2D eigenvalue weighted by Gasteiger charge is -2.24. The highest BCUT2D eigenvalue weighted by Crippen LogP contribution is 2.38. The number of fused-ring (bicyclic) bond motifs is 1. The minimum absolute atomic E-state index is 0.00375. The smallest absolute Gasteiger partial charge is 0.328 e. The number of rotatable bonds is 1. The molecule has 2 heterocycles. The van der Waals surface area contributed by atoms with E-state index in [0.717, 1.165) is 0 Å². The van der Waals surface area contributed by atoms with Crippen molar-refractivity contribution in [2.24, 2.45) is 5.73 Å². The summed E-state index contributed by atoms with van der Waals surface area (Å²) in [5.74, 6) is -1.85. The van der Waals surface area contributed by atoms with Crippen LogP contribution in [0.1, 0.15) is 17.0 Å². The molecular weight excluding hydrogens is 291 g/mol. The molecule has 0 spiro atoms. The van der Waals surface area contributed by atoms with Gasteiger partial charge in [-0.25, -0.2) is 9.18 Å². The summed E-state index contributed by atoms with van der Waals surface area (Å²) in [4.78, 5) is 27.8. The number of hydrogen-bond donors (Lipinski definition) is 3. The molecule has 2 aromatic rings. The molecule has 0 bridgehead atoms. The molecule has 0 amide bonds. The first-order valence-electron chi connectivity index (χ1n) is 6.21. The number of nitriles is 1. The van der Waals surface area contributed by atoms with Crippen LogP contribution < -0.4 is 21.7 Å². The quantitative estimate of drug-likeness (QED) is 0.704. The number of nitrogens with two attached hydrogens (primary N) is 1. The van der Waals surface area contributed by atoms with Gasteiger partial charge < -0.3 is 10.5 Å². The maximum absolute atomic E-state index is 13.5. The van der Waals surface area contributed by atoms with Crippen LogP contribution in [0.15, 0.2) is 45.3 Å². The Morgan fingerprint density at radius 1 is 1.32 bits per heavy atom. The van der Waals surface area contributed by atoms with Crippen LogP contribution in [0.2, 0.25) is 0 Å². The van der Waals surface area contributed by atoms with Crippen molar-refractivity contribution in [3.63, 3.8) is 0 Å². The van der Waals surface area contributed by atoms with E-state index < -0.39 is 23.0 Å². The third kappa shape index (κ3) is 2.05. The summed E-state index contributed by atoms with van der Waals surface area (Å²) in [5.41, 5.74) is 4.49. The van der Waals surface area contributed by atoms with Crippen LogP contribution in [0, 0.1) is 17.1 Å². The Balaban J connectivity index is 2.34. The molecule has 7 nitrogen and oxygen atoms in total. The molecule has 1 aliphatic rings. The average Bonchev–Trinajstić information content (AvgIpc) is 2.45. The Morgan fingerprint density at radius 2 is 2.09 bits per heavy atom. The number of aromatic amines is 2. The molecule has 1 aliphatic heterocycles. The van der Waals surface area contributed by atoms with Crippen molar-refractivity contribution in [1.82, 2.24) is 9.97 Å². The van der Waals surface area contributed by atoms with Gasteiger partial charge in [0.1, 0.15) is 17.5 Å². The maximum atomic E-state index is 13.5. The maximum Gasteiger partial charge on any atom is 0.328 e. The van der Waals surface area contributed by atoms with E-state index in [9.17, 15) is 19.2 Å². The summed E-state index contributed by atoms with van der Waals surface area (Å²) in [6.07, 6.45) is 0. The highest BCUT2D eigenvalue weighted by molar-refractivity contribution is 5.52. The van der Waals surface area contributed by atoms with Crippen molar-refractivity contribution in [2.45, 2.75) is 5.92 Å². The molecular formula is C14H9FN4O3. The van der Waals surface area contributed by atoms with Gasteiger partial charge in [-0.2, -0.15) is 5.26 Å². The van der Waals surface area contributed by atoms with Crippen molar-refractivity contribution in [3.05, 3.63) is 73.5 Å². The topological polar surface area (TPSA) is 125 Å². The van der Waals surface area contributed by atoms with Gasteiger partial charge in [0.15, 0.2) is 0 Å². The van der Waals surface area contributed by atoms with Crippen LogP contribution in [0.25, 0.3) is 0 Å². The van der Waals surface area contributed by atoms with Crippen molar-refractivity contribution in [3.8, 4) is 11.9 Å². The Bertz CT molecular complexity index is 952. The molecule has 22 heavy (non-hydrogen) atoms. The molecule has 0 unspecified atom stereocenters. The second-order valence-electron chi connectivity index (χ2n) is 4.63. The number of ether oxygens (including phenoxy) is 1. The second-order valence-corrected chi connectivity index (χ2v) is 4.63. The van der Waals surface area contributed by atoms with Gasteiger partial charge in [0.05, 0.1) is 11.5 Å². The van der Waals surface area contributed by atoms with E-state index in [0.29, 0.717) is 5.56 Å². The highest BCUT2D eigenvalue weighted by Gasteiger charge is 2.34. The van der Waals surface area contributed by atoms with Crippen molar-refractivity contribution >= 4 is 0 Å². The summed E-state index contributed by atoms with van der Waals surface area (Å²) in [7, 11) is 0. The van der Waals surface area contributed by atoms with Gasteiger partial charge in [-0.15, -0.1) is 0 Å². The fourth-order valence-corrected chi connectivity index (χ4v) is 2.41. The monoisotopic (exact) mass is 300 g/mol. The summed E-state index contributed by atoms with van der Waals surface area (Å²) >= 11 is 0. The van der Waals surface area contributed by atoms with Crippen LogP contribution in [-0.2, 0) is 0 Å². The number of nitrogens with one attached hydrogen (secondary N) is 2. The van der Waals surface area contributed by atoms with Crippen molar-refractivity contribution < 1.29 is 9.13 Å². The molecule has 0 radical (unpaired) electrons. The van der Waals surface area contributed by atoms with Gasteiger partial charge in [-0.1, -0.05) is 12.1 Å². The van der Waals surface area contributed by atoms with Crippen LogP contribution in [0.4, 0.5) is 4.39 Å². The van der Waals surface area contributed by atoms with Gasteiger partial charge >= 0.3 is 5.69 Å². The number of aromatic nitrogens is 2. The van der Waals surface area contributed by atoms with Crippen LogP contribution in [-0.4, -0.2) is 9.97 Å². The minimum atomic E-state index is -0.926. The fourth-order valence-electron chi connectivity index (χ4n) is 2.41. The lowest BCUT2D eigenvalue weighted by Crippen LogP contribution is -2.33. The number of allylic oxidation sites excluding steroid dienone is 1. The zero-order valence-corrected chi connectivity index (χ0v) is 11.0. The number of benzene rings is 1. The number of hydrogen-bond acceptors (Lipinski definition) is 5. The first-order valence-corrected chi connectivity index (χ1v) is 6.21. The Labute approximate surface area is 122 Å². The summed E-state index contributed by atoms with van der Waals surface area (Å²) in [6, 6.07) is 7.30. The molecule has 1 atom stereocenters. The van der Waals surface area contributed by atoms with E-state index in [1.165, 1.54) is 18.2 Å². The van der Waals surface area contributed by atoms with Gasteiger partial charge in [-0.05, 0) is 17.7 Å². The van der Waals surface area contributed by atoms with Gasteiger partial charge in [-0.3, -0.25) is 14.8 Å². The van der Waals surface area contributed by atoms with Gasteiger partial charge in [0, 0.05) is 0 Å². The number of halogens is 1. The molecule has 3 rings (SSSR count). The Kier molecular flexibility index (Phi) is 3.03. The second kappa shape index (κ2) is 4.89. The normalized spacial score (nSPS) is 16.6. The van der Waals surface area contributed by atoms with Crippen molar-refractivity contribution in [2.75, 3.05) is 0 Å². The molecule has 0 fully saturated rings. The molecule has 8 heteroatoms. The van der Waals surface area contributed by atoms with E-state index >= 15 is 0 Å². The third-order valence-electron chi connectivity index (χ3n) is 3.30. The van der Waals surface area contributed by atoms with Crippen LogP contribution >= 0.6 is 0 Å². The Morgan fingerprint density at radius 3 is 2.77 bits per heavy atom. The standard InChI is InChI=1S/C14H9FN4O3/c15-7-3-1-2-6(4-7)9-8(5-16)11(17)22-13-10(9)12(20)18-14(21)19-13/h1-4,9H,17H2,(H2,18,19,20,21)/t9-/m0/s1. The zero-order chi connectivity index (χ0) is 15.9. The van der Waals surface area contributed by atoms with E-state index in [1.807, 2.05) is 6.07 Å². The van der Waals surface area contributed by atoms with Gasteiger partial charge in [0.25, 0.3) is 5.56 Å². The lowest BCUT2D eigenvalue weighted by atomic mass is 9.85. The van der Waals surface area contributed by atoms with Crippen molar-refractivity contribution in [1.29, 1.82) is 5.26 Å². The van der Waals surface area contributed by atoms with Crippen LogP contribution in [0.5, 0.6) is 5.88 Å². The zero-order valence-electron chi connectivity index (χ0n) is 11.0. The molecule has 110 valence electrons. The Hall–Kier alpha value is -3.34. The predicted octanol–water partition coefficient (Wildman–Crippen LogP) is 0.420. The summed E-state index contributed by atoms with van der Waals surface area (Å²) in [6.45, 7) is 0. The summed E-state index contributed by atoms with van der Waals surface area (Å²) < 4.78 is 18.6. The predicted molar refractivity (Wildman–Crippen MR) is 73.4 cm³/mol. The molecule has 0 saturated heterocycles. The third-order valence-corrected chi connectivity index (χ3v) is 3.30. The van der Waals surface area contributed by atoms with E-state index in [1.54, 1.807) is 6.07 Å². The number of nitrogens with zero attached hydrogens (tertiary/aromatic N) is 1. The first-order chi connectivity index (χ1) is 10.5. The fraction of sp³-hybridized carbons (Fsp3) is 0.0714. The number of H-pyrrole nitrogens is 2. The molecule has 1 aromatic heterocycles. The highest BCUT2D eigenvalue weighted by atomic mass is 19.1. The largest absolute Gasteiger partial charge is 0.424 e. The van der Waals surface area contributed by atoms with E-state index in [4.69, 9.17) is 10.5 Å². The molecule has 0 aliphatic carbocycles. The molecule has 4 N–H and O–H groups in total. The SMILES string of the molecule is N#CC1=C(N)Oc2[nH]c(=O)[nH]c(=O)c2[C@H]1c1cccc(F)c1. The summed E-state index contributed by atoms with van der Waals surface area (Å²) in [5, 5.41) is 9.29. The average molecular weight is 300 g/mol. The first kappa shape index (κ1) is 13.6. The van der Waals surface area contributed by atoms with E-state index in [-0.39, 0.29) is 22.9 Å².